The van der Waals surface area contributed by atoms with E-state index in [2.05, 4.69) is 29.4 Å². The molecular weight excluding hydrogens is 238 g/mol. The van der Waals surface area contributed by atoms with Gasteiger partial charge in [-0.2, -0.15) is 0 Å². The molecule has 0 radical (unpaired) electrons. The van der Waals surface area contributed by atoms with Crippen molar-refractivity contribution in [1.82, 2.24) is 10.2 Å². The van der Waals surface area contributed by atoms with Gasteiger partial charge in [0.15, 0.2) is 5.82 Å². The third-order valence-electron chi connectivity index (χ3n) is 3.23. The second-order valence-corrected chi connectivity index (χ2v) is 4.38. The number of nitrogens with one attached hydrogen (secondary N) is 1. The molecule has 2 rings (SSSR count). The zero-order valence-electron chi connectivity index (χ0n) is 11.8. The number of ether oxygens (including phenoxy) is 1. The fraction of sp³-hybridized carbons (Fsp3) is 0.333. The number of hydrogen-bond acceptors (Lipinski definition) is 4. The van der Waals surface area contributed by atoms with E-state index in [0.29, 0.717) is 0 Å². The SMILES string of the molecule is CCNc1nnc(-c2ccccc2OC)c(C)c1C. The van der Waals surface area contributed by atoms with Gasteiger partial charge in [-0.3, -0.25) is 0 Å². The molecule has 100 valence electrons. The van der Waals surface area contributed by atoms with E-state index in [-0.39, 0.29) is 0 Å². The minimum atomic E-state index is 0.815. The second kappa shape index (κ2) is 5.69. The minimum absolute atomic E-state index is 0.815. The van der Waals surface area contributed by atoms with Crippen molar-refractivity contribution < 1.29 is 4.74 Å². The molecule has 4 nitrogen and oxygen atoms in total. The van der Waals surface area contributed by atoms with Gasteiger partial charge in [0, 0.05) is 12.1 Å². The van der Waals surface area contributed by atoms with Gasteiger partial charge in [-0.15, -0.1) is 10.2 Å². The first-order valence-electron chi connectivity index (χ1n) is 6.40. The number of anilines is 1. The lowest BCUT2D eigenvalue weighted by Gasteiger charge is -2.13. The number of methoxy groups -OCH3 is 1. The van der Waals surface area contributed by atoms with Gasteiger partial charge < -0.3 is 10.1 Å². The van der Waals surface area contributed by atoms with E-state index in [0.717, 1.165) is 40.5 Å². The van der Waals surface area contributed by atoms with Crippen LogP contribution in [0, 0.1) is 13.8 Å². The molecule has 1 heterocycles. The summed E-state index contributed by atoms with van der Waals surface area (Å²) in [7, 11) is 1.67. The predicted molar refractivity (Wildman–Crippen MR) is 77.7 cm³/mol. The maximum Gasteiger partial charge on any atom is 0.151 e. The summed E-state index contributed by atoms with van der Waals surface area (Å²) in [6.45, 7) is 7.00. The number of rotatable bonds is 4. The van der Waals surface area contributed by atoms with Crippen molar-refractivity contribution in [3.63, 3.8) is 0 Å². The molecule has 0 atom stereocenters. The van der Waals surface area contributed by atoms with Gasteiger partial charge in [-0.05, 0) is 44.0 Å². The normalized spacial score (nSPS) is 10.3. The predicted octanol–water partition coefficient (Wildman–Crippen LogP) is 3.20. The standard InChI is InChI=1S/C15H19N3O/c1-5-16-15-11(3)10(2)14(17-18-15)12-8-6-7-9-13(12)19-4/h6-9H,5H2,1-4H3,(H,16,18). The fourth-order valence-corrected chi connectivity index (χ4v) is 2.04. The molecule has 0 unspecified atom stereocenters. The lowest BCUT2D eigenvalue weighted by molar-refractivity contribution is 0.416. The average Bonchev–Trinajstić information content (AvgIpc) is 2.44. The third kappa shape index (κ3) is 2.52. The van der Waals surface area contributed by atoms with E-state index < -0.39 is 0 Å². The molecule has 0 aliphatic carbocycles. The molecular formula is C15H19N3O. The molecule has 0 saturated carbocycles. The summed E-state index contributed by atoms with van der Waals surface area (Å²) >= 11 is 0. The quantitative estimate of drug-likeness (QED) is 0.913. The first-order valence-corrected chi connectivity index (χ1v) is 6.40. The Kier molecular flexibility index (Phi) is 4.00. The first kappa shape index (κ1) is 13.3. The molecule has 2 aromatic rings. The van der Waals surface area contributed by atoms with Gasteiger partial charge in [0.05, 0.1) is 12.8 Å². The Bertz CT molecular complexity index is 582. The Labute approximate surface area is 113 Å². The highest BCUT2D eigenvalue weighted by Gasteiger charge is 2.14. The van der Waals surface area contributed by atoms with Gasteiger partial charge in [-0.25, -0.2) is 0 Å². The van der Waals surface area contributed by atoms with Crippen molar-refractivity contribution in [2.45, 2.75) is 20.8 Å². The molecule has 0 aliphatic rings. The molecule has 0 bridgehead atoms. The molecule has 0 spiro atoms. The highest BCUT2D eigenvalue weighted by atomic mass is 16.5. The molecule has 19 heavy (non-hydrogen) atoms. The Morgan fingerprint density at radius 2 is 1.84 bits per heavy atom. The Hall–Kier alpha value is -2.10. The smallest absolute Gasteiger partial charge is 0.151 e. The van der Waals surface area contributed by atoms with E-state index in [9.17, 15) is 0 Å². The van der Waals surface area contributed by atoms with E-state index >= 15 is 0 Å². The fourth-order valence-electron chi connectivity index (χ4n) is 2.04. The monoisotopic (exact) mass is 257 g/mol. The van der Waals surface area contributed by atoms with E-state index in [1.54, 1.807) is 7.11 Å². The molecule has 1 aromatic heterocycles. The number of nitrogens with zero attached hydrogens (tertiary/aromatic N) is 2. The third-order valence-corrected chi connectivity index (χ3v) is 3.23. The number of hydrogen-bond donors (Lipinski definition) is 1. The van der Waals surface area contributed by atoms with Crippen molar-refractivity contribution in [3.8, 4) is 17.0 Å². The van der Waals surface area contributed by atoms with Gasteiger partial charge in [0.2, 0.25) is 0 Å². The topological polar surface area (TPSA) is 47.0 Å². The van der Waals surface area contributed by atoms with Crippen molar-refractivity contribution >= 4 is 5.82 Å². The lowest BCUT2D eigenvalue weighted by atomic mass is 10.0. The van der Waals surface area contributed by atoms with Crippen LogP contribution in [0.2, 0.25) is 0 Å². The summed E-state index contributed by atoms with van der Waals surface area (Å²) in [5, 5.41) is 11.8. The number of para-hydroxylation sites is 1. The van der Waals surface area contributed by atoms with Crippen LogP contribution in [-0.2, 0) is 0 Å². The van der Waals surface area contributed by atoms with Crippen molar-refractivity contribution in [1.29, 1.82) is 0 Å². The van der Waals surface area contributed by atoms with Gasteiger partial charge in [-0.1, -0.05) is 12.1 Å². The second-order valence-electron chi connectivity index (χ2n) is 4.38. The van der Waals surface area contributed by atoms with Crippen LogP contribution < -0.4 is 10.1 Å². The van der Waals surface area contributed by atoms with Gasteiger partial charge in [0.25, 0.3) is 0 Å². The van der Waals surface area contributed by atoms with Crippen molar-refractivity contribution in [2.75, 3.05) is 19.0 Å². The molecule has 0 aliphatic heterocycles. The van der Waals surface area contributed by atoms with Gasteiger partial charge >= 0.3 is 0 Å². The molecule has 0 fully saturated rings. The molecule has 0 saturated heterocycles. The zero-order chi connectivity index (χ0) is 13.8. The van der Waals surface area contributed by atoms with Crippen LogP contribution in [0.4, 0.5) is 5.82 Å². The van der Waals surface area contributed by atoms with Crippen LogP contribution in [0.3, 0.4) is 0 Å². The van der Waals surface area contributed by atoms with E-state index in [1.807, 2.05) is 31.2 Å². The van der Waals surface area contributed by atoms with Gasteiger partial charge in [0.1, 0.15) is 5.75 Å². The summed E-state index contributed by atoms with van der Waals surface area (Å²) in [5.41, 5.74) is 4.09. The van der Waals surface area contributed by atoms with Crippen LogP contribution >= 0.6 is 0 Å². The Morgan fingerprint density at radius 1 is 1.11 bits per heavy atom. The average molecular weight is 257 g/mol. The van der Waals surface area contributed by atoms with Crippen molar-refractivity contribution in [3.05, 3.63) is 35.4 Å². The van der Waals surface area contributed by atoms with Crippen LogP contribution in [-0.4, -0.2) is 23.9 Å². The highest BCUT2D eigenvalue weighted by Crippen LogP contribution is 2.32. The zero-order valence-corrected chi connectivity index (χ0v) is 11.8. The summed E-state index contributed by atoms with van der Waals surface area (Å²) in [6.07, 6.45) is 0. The highest BCUT2D eigenvalue weighted by molar-refractivity contribution is 5.71. The summed E-state index contributed by atoms with van der Waals surface area (Å²) in [4.78, 5) is 0. The number of benzene rings is 1. The first-order chi connectivity index (χ1) is 9.19. The molecule has 1 N–H and O–H groups in total. The largest absolute Gasteiger partial charge is 0.496 e. The van der Waals surface area contributed by atoms with Crippen LogP contribution in [0.1, 0.15) is 18.1 Å². The summed E-state index contributed by atoms with van der Waals surface area (Å²) in [6, 6.07) is 7.86. The minimum Gasteiger partial charge on any atom is -0.496 e. The van der Waals surface area contributed by atoms with Crippen LogP contribution in [0.5, 0.6) is 5.75 Å². The maximum atomic E-state index is 5.39. The van der Waals surface area contributed by atoms with E-state index in [4.69, 9.17) is 4.74 Å². The van der Waals surface area contributed by atoms with Crippen LogP contribution in [0.25, 0.3) is 11.3 Å². The van der Waals surface area contributed by atoms with Crippen LogP contribution in [0.15, 0.2) is 24.3 Å². The molecule has 1 aromatic carbocycles. The van der Waals surface area contributed by atoms with E-state index in [1.165, 1.54) is 0 Å². The lowest BCUT2D eigenvalue weighted by Crippen LogP contribution is -2.06. The summed E-state index contributed by atoms with van der Waals surface area (Å²) < 4.78 is 5.39. The molecule has 4 heteroatoms. The van der Waals surface area contributed by atoms with Crippen molar-refractivity contribution in [2.24, 2.45) is 0 Å². The maximum absolute atomic E-state index is 5.39. The Balaban J connectivity index is 2.54. The molecule has 0 amide bonds. The summed E-state index contributed by atoms with van der Waals surface area (Å²) in [5.74, 6) is 1.66. The number of aromatic nitrogens is 2. The Morgan fingerprint density at radius 3 is 2.53 bits per heavy atom.